The predicted octanol–water partition coefficient (Wildman–Crippen LogP) is 1.17. The van der Waals surface area contributed by atoms with Gasteiger partial charge in [0.1, 0.15) is 10.6 Å². The third-order valence-electron chi connectivity index (χ3n) is 4.38. The molecule has 1 amide bonds. The molecule has 2 heterocycles. The zero-order valence-corrected chi connectivity index (χ0v) is 15.4. The molecule has 0 N–H and O–H groups in total. The molecular weight excluding hydrogens is 354 g/mol. The fraction of sp³-hybridized carbons (Fsp3) is 0.333. The van der Waals surface area contributed by atoms with Crippen LogP contribution in [-0.4, -0.2) is 61.8 Å². The first kappa shape index (κ1) is 18.3. The molecule has 8 heteroatoms. The van der Waals surface area contributed by atoms with Gasteiger partial charge in [0.15, 0.2) is 0 Å². The van der Waals surface area contributed by atoms with Crippen LogP contribution in [0.2, 0.25) is 0 Å². The Bertz CT molecular complexity index is 846. The molecule has 0 atom stereocenters. The Morgan fingerprint density at radius 3 is 2.38 bits per heavy atom. The minimum Gasteiger partial charge on any atom is -0.497 e. The maximum atomic E-state index is 12.6. The molecule has 1 aliphatic rings. The smallest absolute Gasteiger partial charge is 0.244 e. The summed E-state index contributed by atoms with van der Waals surface area (Å²) in [6.45, 7) is 1.33. The lowest BCUT2D eigenvalue weighted by Gasteiger charge is -2.34. The molecule has 1 saturated heterocycles. The van der Waals surface area contributed by atoms with Gasteiger partial charge in [0.2, 0.25) is 15.9 Å². The van der Waals surface area contributed by atoms with Crippen molar-refractivity contribution in [1.82, 2.24) is 14.2 Å². The van der Waals surface area contributed by atoms with Gasteiger partial charge in [-0.15, -0.1) is 0 Å². The van der Waals surface area contributed by atoms with E-state index in [1.807, 2.05) is 24.3 Å². The van der Waals surface area contributed by atoms with Gasteiger partial charge >= 0.3 is 0 Å². The van der Waals surface area contributed by atoms with Gasteiger partial charge in [-0.25, -0.2) is 8.42 Å². The first-order valence-electron chi connectivity index (χ1n) is 8.31. The summed E-state index contributed by atoms with van der Waals surface area (Å²) in [7, 11) is -1.96. The van der Waals surface area contributed by atoms with E-state index in [0.29, 0.717) is 19.5 Å². The molecule has 0 aliphatic carbocycles. The Kier molecular flexibility index (Phi) is 5.53. The van der Waals surface area contributed by atoms with Gasteiger partial charge in [0.05, 0.1) is 13.5 Å². The van der Waals surface area contributed by atoms with Crippen molar-refractivity contribution in [1.29, 1.82) is 0 Å². The van der Waals surface area contributed by atoms with Crippen molar-refractivity contribution >= 4 is 15.9 Å². The monoisotopic (exact) mass is 375 g/mol. The molecule has 0 radical (unpaired) electrons. The van der Waals surface area contributed by atoms with Crippen LogP contribution in [-0.2, 0) is 21.2 Å². The standard InChI is InChI=1S/C18H21N3O4S/c1-25-16-6-4-15(5-7-16)13-18(22)20-9-11-21(12-10-20)26(23,24)17-3-2-8-19-14-17/h2-8,14H,9-13H2,1H3. The van der Waals surface area contributed by atoms with Crippen molar-refractivity contribution in [2.45, 2.75) is 11.3 Å². The number of pyridine rings is 1. The topological polar surface area (TPSA) is 79.8 Å². The van der Waals surface area contributed by atoms with Gasteiger partial charge in [0.25, 0.3) is 0 Å². The zero-order valence-electron chi connectivity index (χ0n) is 14.5. The lowest BCUT2D eigenvalue weighted by atomic mass is 10.1. The Labute approximate surface area is 153 Å². The number of sulfonamides is 1. The quantitative estimate of drug-likeness (QED) is 0.784. The average molecular weight is 375 g/mol. The maximum absolute atomic E-state index is 12.6. The molecule has 1 fully saturated rings. The number of hydrogen-bond donors (Lipinski definition) is 0. The fourth-order valence-corrected chi connectivity index (χ4v) is 4.24. The van der Waals surface area contributed by atoms with E-state index in [1.54, 1.807) is 18.1 Å². The third kappa shape index (κ3) is 4.03. The Morgan fingerprint density at radius 2 is 1.81 bits per heavy atom. The van der Waals surface area contributed by atoms with Crippen molar-refractivity contribution in [3.8, 4) is 5.75 Å². The van der Waals surface area contributed by atoms with Gasteiger partial charge in [-0.1, -0.05) is 12.1 Å². The molecule has 0 spiro atoms. The number of piperazine rings is 1. The molecule has 26 heavy (non-hydrogen) atoms. The van der Waals surface area contributed by atoms with E-state index < -0.39 is 10.0 Å². The van der Waals surface area contributed by atoms with Crippen LogP contribution in [0.1, 0.15) is 5.56 Å². The summed E-state index contributed by atoms with van der Waals surface area (Å²) < 4.78 is 31.7. The highest BCUT2D eigenvalue weighted by Gasteiger charge is 2.30. The number of ether oxygens (including phenoxy) is 1. The molecule has 1 aliphatic heterocycles. The SMILES string of the molecule is COc1ccc(CC(=O)N2CCN(S(=O)(=O)c3cccnc3)CC2)cc1. The van der Waals surface area contributed by atoms with Gasteiger partial charge < -0.3 is 9.64 Å². The number of nitrogens with zero attached hydrogens (tertiary/aromatic N) is 3. The second-order valence-corrected chi connectivity index (χ2v) is 7.94. The summed E-state index contributed by atoms with van der Waals surface area (Å²) in [6, 6.07) is 10.5. The minimum atomic E-state index is -3.56. The van der Waals surface area contributed by atoms with Crippen LogP contribution in [0.25, 0.3) is 0 Å². The number of methoxy groups -OCH3 is 1. The largest absolute Gasteiger partial charge is 0.497 e. The Morgan fingerprint density at radius 1 is 1.12 bits per heavy atom. The molecular formula is C18H21N3O4S. The van der Waals surface area contributed by atoms with E-state index in [2.05, 4.69) is 4.98 Å². The van der Waals surface area contributed by atoms with Crippen molar-refractivity contribution in [2.75, 3.05) is 33.3 Å². The summed E-state index contributed by atoms with van der Waals surface area (Å²) in [4.78, 5) is 18.2. The van der Waals surface area contributed by atoms with E-state index in [1.165, 1.54) is 22.8 Å². The Balaban J connectivity index is 1.58. The molecule has 0 saturated carbocycles. The number of carbonyl (C=O) groups is 1. The number of carbonyl (C=O) groups excluding carboxylic acids is 1. The van der Waals surface area contributed by atoms with E-state index >= 15 is 0 Å². The normalized spacial score (nSPS) is 15.7. The van der Waals surface area contributed by atoms with Crippen LogP contribution in [0.15, 0.2) is 53.7 Å². The number of amides is 1. The Hall–Kier alpha value is -2.45. The molecule has 1 aromatic heterocycles. The van der Waals surface area contributed by atoms with E-state index in [4.69, 9.17) is 4.74 Å². The van der Waals surface area contributed by atoms with Crippen molar-refractivity contribution < 1.29 is 17.9 Å². The molecule has 3 rings (SSSR count). The highest BCUT2D eigenvalue weighted by molar-refractivity contribution is 7.89. The van der Waals surface area contributed by atoms with Crippen LogP contribution in [0.5, 0.6) is 5.75 Å². The first-order chi connectivity index (χ1) is 12.5. The molecule has 138 valence electrons. The third-order valence-corrected chi connectivity index (χ3v) is 6.26. The molecule has 0 unspecified atom stereocenters. The minimum absolute atomic E-state index is 0.00593. The van der Waals surface area contributed by atoms with Crippen LogP contribution in [0.4, 0.5) is 0 Å². The van der Waals surface area contributed by atoms with Crippen molar-refractivity contribution in [3.05, 3.63) is 54.4 Å². The fourth-order valence-electron chi connectivity index (χ4n) is 2.86. The second kappa shape index (κ2) is 7.84. The van der Waals surface area contributed by atoms with Gasteiger partial charge in [-0.05, 0) is 29.8 Å². The number of hydrogen-bond acceptors (Lipinski definition) is 5. The maximum Gasteiger partial charge on any atom is 0.244 e. The summed E-state index contributed by atoms with van der Waals surface area (Å²) in [5.41, 5.74) is 0.904. The summed E-state index contributed by atoms with van der Waals surface area (Å²) in [6.07, 6.45) is 3.17. The average Bonchev–Trinajstić information content (AvgIpc) is 2.69. The number of aromatic nitrogens is 1. The molecule has 1 aromatic carbocycles. The highest BCUT2D eigenvalue weighted by atomic mass is 32.2. The first-order valence-corrected chi connectivity index (χ1v) is 9.75. The van der Waals surface area contributed by atoms with E-state index in [9.17, 15) is 13.2 Å². The second-order valence-electron chi connectivity index (χ2n) is 6.00. The summed E-state index contributed by atoms with van der Waals surface area (Å²) in [5.74, 6) is 0.740. The lowest BCUT2D eigenvalue weighted by molar-refractivity contribution is -0.131. The van der Waals surface area contributed by atoms with Gasteiger partial charge in [0, 0.05) is 38.6 Å². The van der Waals surface area contributed by atoms with Crippen LogP contribution < -0.4 is 4.74 Å². The van der Waals surface area contributed by atoms with Crippen LogP contribution in [0.3, 0.4) is 0 Å². The van der Waals surface area contributed by atoms with E-state index in [0.717, 1.165) is 11.3 Å². The zero-order chi connectivity index (χ0) is 18.6. The van der Waals surface area contributed by atoms with Crippen LogP contribution in [0, 0.1) is 0 Å². The summed E-state index contributed by atoms with van der Waals surface area (Å²) >= 11 is 0. The van der Waals surface area contributed by atoms with Gasteiger partial charge in [-0.2, -0.15) is 4.31 Å². The lowest BCUT2D eigenvalue weighted by Crippen LogP contribution is -2.50. The highest BCUT2D eigenvalue weighted by Crippen LogP contribution is 2.17. The predicted molar refractivity (Wildman–Crippen MR) is 96.3 cm³/mol. The number of rotatable bonds is 5. The van der Waals surface area contributed by atoms with Crippen molar-refractivity contribution in [2.24, 2.45) is 0 Å². The molecule has 2 aromatic rings. The number of benzene rings is 1. The van der Waals surface area contributed by atoms with Gasteiger partial charge in [-0.3, -0.25) is 9.78 Å². The van der Waals surface area contributed by atoms with Crippen LogP contribution >= 0.6 is 0 Å². The van der Waals surface area contributed by atoms with Crippen molar-refractivity contribution in [3.63, 3.8) is 0 Å². The summed E-state index contributed by atoms with van der Waals surface area (Å²) in [5, 5.41) is 0. The van der Waals surface area contributed by atoms with E-state index in [-0.39, 0.29) is 23.9 Å². The molecule has 0 bridgehead atoms. The molecule has 7 nitrogen and oxygen atoms in total.